The Labute approximate surface area is 210 Å². The van der Waals surface area contributed by atoms with E-state index in [0.29, 0.717) is 50.5 Å². The minimum atomic E-state index is -0.787. The number of methoxy groups -OCH3 is 1. The van der Waals surface area contributed by atoms with E-state index in [0.717, 1.165) is 19.3 Å². The summed E-state index contributed by atoms with van der Waals surface area (Å²) in [5.74, 6) is 0.788. The van der Waals surface area contributed by atoms with E-state index in [4.69, 9.17) is 15.2 Å². The summed E-state index contributed by atoms with van der Waals surface area (Å²) in [6.07, 6.45) is 2.92. The molecule has 1 fully saturated rings. The predicted molar refractivity (Wildman–Crippen MR) is 135 cm³/mol. The molecule has 2 amide bonds. The highest BCUT2D eigenvalue weighted by Gasteiger charge is 2.27. The number of amides is 2. The van der Waals surface area contributed by atoms with Crippen molar-refractivity contribution in [1.82, 2.24) is 10.2 Å². The molecule has 1 aromatic carbocycles. The van der Waals surface area contributed by atoms with Crippen LogP contribution in [0.3, 0.4) is 0 Å². The molecule has 0 aromatic heterocycles. The number of β-amino-alcohol motifs (C(OH)–C–C–N with tert-alkyl or cyclic N) is 1. The van der Waals surface area contributed by atoms with Crippen LogP contribution in [0.2, 0.25) is 0 Å². The van der Waals surface area contributed by atoms with E-state index in [2.05, 4.69) is 19.2 Å². The number of ether oxygens (including phenoxy) is 2. The Balaban J connectivity index is 0.00000578. The molecule has 3 atom stereocenters. The number of hydrogen-bond donors (Lipinski definition) is 3. The number of aliphatic hydroxyl groups is 1. The Morgan fingerprint density at radius 3 is 2.65 bits per heavy atom. The van der Waals surface area contributed by atoms with Crippen molar-refractivity contribution in [3.8, 4) is 5.75 Å². The lowest BCUT2D eigenvalue weighted by Gasteiger charge is -2.32. The third-order valence-corrected chi connectivity index (χ3v) is 6.25. The van der Waals surface area contributed by atoms with Gasteiger partial charge in [0.2, 0.25) is 5.91 Å². The lowest BCUT2D eigenvalue weighted by atomic mass is 9.87. The standard InChI is InChI=1S/C25H41N3O5.ClH/c1-18(2)19(15-21(26)22(29)17-28-12-7-6-11-24(28)30)16-27-25(31)20-9-4-5-10-23(20)33-14-8-13-32-3;/h4-5,9-10,18-19,21-22,29H,6-8,11-17,26H2,1-3H3,(H,27,31);1H. The van der Waals surface area contributed by atoms with Gasteiger partial charge in [0.1, 0.15) is 5.75 Å². The fourth-order valence-electron chi connectivity index (χ4n) is 4.00. The van der Waals surface area contributed by atoms with E-state index < -0.39 is 12.1 Å². The van der Waals surface area contributed by atoms with Crippen molar-refractivity contribution in [1.29, 1.82) is 0 Å². The molecular formula is C25H42ClN3O5. The zero-order valence-electron chi connectivity index (χ0n) is 20.7. The number of nitrogens with two attached hydrogens (primary N) is 1. The number of hydrogen-bond acceptors (Lipinski definition) is 6. The lowest BCUT2D eigenvalue weighted by Crippen LogP contribution is -2.48. The van der Waals surface area contributed by atoms with Gasteiger partial charge in [0.15, 0.2) is 0 Å². The maximum Gasteiger partial charge on any atom is 0.255 e. The number of aliphatic hydroxyl groups excluding tert-OH is 1. The third kappa shape index (κ3) is 9.78. The number of halogens is 1. The molecule has 194 valence electrons. The molecule has 1 aliphatic rings. The van der Waals surface area contributed by atoms with Crippen LogP contribution in [0.15, 0.2) is 24.3 Å². The van der Waals surface area contributed by atoms with E-state index in [1.54, 1.807) is 24.1 Å². The second-order valence-corrected chi connectivity index (χ2v) is 9.17. The molecule has 3 unspecified atom stereocenters. The molecule has 0 saturated carbocycles. The molecule has 0 spiro atoms. The smallest absolute Gasteiger partial charge is 0.255 e. The first kappa shape index (κ1) is 30.2. The van der Waals surface area contributed by atoms with Crippen LogP contribution in [0.4, 0.5) is 0 Å². The SMILES string of the molecule is COCCCOc1ccccc1C(=O)NCC(CC(N)C(O)CN1CCCCC1=O)C(C)C.Cl. The number of benzene rings is 1. The first-order chi connectivity index (χ1) is 15.8. The molecule has 0 bridgehead atoms. The molecule has 2 rings (SSSR count). The number of carbonyl (C=O) groups excluding carboxylic acids is 2. The summed E-state index contributed by atoms with van der Waals surface area (Å²) in [6, 6.07) is 6.71. The maximum atomic E-state index is 12.9. The second-order valence-electron chi connectivity index (χ2n) is 9.17. The molecule has 0 aliphatic carbocycles. The minimum absolute atomic E-state index is 0. The van der Waals surface area contributed by atoms with Gasteiger partial charge in [-0.15, -0.1) is 12.4 Å². The number of nitrogens with zero attached hydrogens (tertiary/aromatic N) is 1. The summed E-state index contributed by atoms with van der Waals surface area (Å²) in [5.41, 5.74) is 6.80. The molecule has 1 aliphatic heterocycles. The Bertz CT molecular complexity index is 749. The Morgan fingerprint density at radius 1 is 1.24 bits per heavy atom. The molecule has 1 aromatic rings. The summed E-state index contributed by atoms with van der Waals surface area (Å²) in [5, 5.41) is 13.6. The van der Waals surface area contributed by atoms with Crippen molar-refractivity contribution in [3.05, 3.63) is 29.8 Å². The molecule has 0 radical (unpaired) electrons. The summed E-state index contributed by atoms with van der Waals surface area (Å²) >= 11 is 0. The Morgan fingerprint density at radius 2 is 1.97 bits per heavy atom. The van der Waals surface area contributed by atoms with Crippen LogP contribution in [0.5, 0.6) is 5.75 Å². The van der Waals surface area contributed by atoms with E-state index in [1.807, 2.05) is 12.1 Å². The van der Waals surface area contributed by atoms with Gasteiger partial charge in [-0.3, -0.25) is 9.59 Å². The normalized spacial score (nSPS) is 16.5. The number of para-hydroxylation sites is 1. The molecule has 8 nitrogen and oxygen atoms in total. The molecule has 9 heteroatoms. The summed E-state index contributed by atoms with van der Waals surface area (Å²) < 4.78 is 10.8. The summed E-state index contributed by atoms with van der Waals surface area (Å²) in [6.45, 7) is 6.62. The van der Waals surface area contributed by atoms with Crippen molar-refractivity contribution < 1.29 is 24.2 Å². The quantitative estimate of drug-likeness (QED) is 0.339. The Hall–Kier alpha value is -1.87. The topological polar surface area (TPSA) is 114 Å². The molecule has 34 heavy (non-hydrogen) atoms. The van der Waals surface area contributed by atoms with Gasteiger partial charge in [0.25, 0.3) is 5.91 Å². The van der Waals surface area contributed by atoms with Crippen LogP contribution in [0.1, 0.15) is 56.3 Å². The highest BCUT2D eigenvalue weighted by Crippen LogP contribution is 2.21. The number of nitrogens with one attached hydrogen (secondary N) is 1. The van der Waals surface area contributed by atoms with E-state index in [-0.39, 0.29) is 42.6 Å². The average molecular weight is 500 g/mol. The van der Waals surface area contributed by atoms with Crippen LogP contribution in [0, 0.1) is 11.8 Å². The number of carbonyl (C=O) groups is 2. The largest absolute Gasteiger partial charge is 0.493 e. The van der Waals surface area contributed by atoms with E-state index in [9.17, 15) is 14.7 Å². The van der Waals surface area contributed by atoms with Crippen LogP contribution >= 0.6 is 12.4 Å². The van der Waals surface area contributed by atoms with Gasteiger partial charge in [0.05, 0.1) is 18.3 Å². The second kappa shape index (κ2) is 15.9. The van der Waals surface area contributed by atoms with Gasteiger partial charge >= 0.3 is 0 Å². The molecule has 1 saturated heterocycles. The minimum Gasteiger partial charge on any atom is -0.493 e. The molecule has 4 N–H and O–H groups in total. The first-order valence-electron chi connectivity index (χ1n) is 12.0. The number of piperidine rings is 1. The van der Waals surface area contributed by atoms with Crippen LogP contribution in [0.25, 0.3) is 0 Å². The van der Waals surface area contributed by atoms with Gasteiger partial charge in [0, 0.05) is 52.2 Å². The van der Waals surface area contributed by atoms with Gasteiger partial charge in [-0.25, -0.2) is 0 Å². The van der Waals surface area contributed by atoms with Gasteiger partial charge < -0.3 is 30.5 Å². The summed E-state index contributed by atoms with van der Waals surface area (Å²) in [4.78, 5) is 26.6. The lowest BCUT2D eigenvalue weighted by molar-refractivity contribution is -0.135. The van der Waals surface area contributed by atoms with E-state index >= 15 is 0 Å². The van der Waals surface area contributed by atoms with Crippen molar-refractivity contribution in [2.75, 3.05) is 40.0 Å². The van der Waals surface area contributed by atoms with Crippen LogP contribution in [-0.4, -0.2) is 73.9 Å². The maximum absolute atomic E-state index is 12.9. The first-order valence-corrected chi connectivity index (χ1v) is 12.0. The van der Waals surface area contributed by atoms with Crippen molar-refractivity contribution >= 4 is 24.2 Å². The fraction of sp³-hybridized carbons (Fsp3) is 0.680. The summed E-state index contributed by atoms with van der Waals surface area (Å²) in [7, 11) is 1.64. The molecular weight excluding hydrogens is 458 g/mol. The van der Waals surface area contributed by atoms with Crippen molar-refractivity contribution in [2.45, 2.75) is 58.1 Å². The highest BCUT2D eigenvalue weighted by molar-refractivity contribution is 5.96. The van der Waals surface area contributed by atoms with Gasteiger partial charge in [-0.2, -0.15) is 0 Å². The highest BCUT2D eigenvalue weighted by atomic mass is 35.5. The predicted octanol–water partition coefficient (Wildman–Crippen LogP) is 2.62. The van der Waals surface area contributed by atoms with Crippen LogP contribution in [-0.2, 0) is 9.53 Å². The third-order valence-electron chi connectivity index (χ3n) is 6.25. The number of likely N-dealkylation sites (tertiary alicyclic amines) is 1. The van der Waals surface area contributed by atoms with Crippen molar-refractivity contribution in [3.63, 3.8) is 0 Å². The van der Waals surface area contributed by atoms with Crippen LogP contribution < -0.4 is 15.8 Å². The zero-order chi connectivity index (χ0) is 24.2. The van der Waals surface area contributed by atoms with E-state index in [1.165, 1.54) is 0 Å². The van der Waals surface area contributed by atoms with Crippen molar-refractivity contribution in [2.24, 2.45) is 17.6 Å². The van der Waals surface area contributed by atoms with Gasteiger partial charge in [-0.1, -0.05) is 26.0 Å². The fourth-order valence-corrected chi connectivity index (χ4v) is 4.00. The zero-order valence-corrected chi connectivity index (χ0v) is 21.5. The average Bonchev–Trinajstić information content (AvgIpc) is 2.80. The molecule has 1 heterocycles. The number of rotatable bonds is 14. The monoisotopic (exact) mass is 499 g/mol. The van der Waals surface area contributed by atoms with Gasteiger partial charge in [-0.05, 0) is 43.2 Å². The Kier molecular flexibility index (Phi) is 14.1.